The van der Waals surface area contributed by atoms with Gasteiger partial charge in [-0.05, 0) is 61.4 Å². The predicted molar refractivity (Wildman–Crippen MR) is 150 cm³/mol. The number of hydrogen-bond donors (Lipinski definition) is 0. The van der Waals surface area contributed by atoms with Gasteiger partial charge in [-0.1, -0.05) is 0 Å². The van der Waals surface area contributed by atoms with Gasteiger partial charge in [-0.15, -0.1) is 10.2 Å². The van der Waals surface area contributed by atoms with Gasteiger partial charge in [-0.2, -0.15) is 4.31 Å². The minimum absolute atomic E-state index is 0.117. The van der Waals surface area contributed by atoms with Crippen LogP contribution in [0.1, 0.15) is 23.2 Å². The molecular formula is C28H33N5O6S. The maximum atomic E-state index is 13.1. The third kappa shape index (κ3) is 5.41. The van der Waals surface area contributed by atoms with Crippen LogP contribution in [0, 0.1) is 0 Å². The molecule has 0 atom stereocenters. The van der Waals surface area contributed by atoms with E-state index in [1.54, 1.807) is 38.4 Å². The number of carbonyl (C=O) groups excluding carboxylic acids is 1. The molecule has 0 N–H and O–H groups in total. The molecule has 212 valence electrons. The first-order chi connectivity index (χ1) is 19.3. The van der Waals surface area contributed by atoms with Gasteiger partial charge in [0.1, 0.15) is 0 Å². The summed E-state index contributed by atoms with van der Waals surface area (Å²) < 4.78 is 43.3. The van der Waals surface area contributed by atoms with Crippen molar-refractivity contribution < 1.29 is 27.4 Å². The van der Waals surface area contributed by atoms with E-state index in [2.05, 4.69) is 15.1 Å². The van der Waals surface area contributed by atoms with E-state index in [0.717, 1.165) is 24.2 Å². The van der Waals surface area contributed by atoms with Gasteiger partial charge in [0.25, 0.3) is 5.91 Å². The Labute approximate surface area is 234 Å². The summed E-state index contributed by atoms with van der Waals surface area (Å²) in [5.74, 6) is 2.18. The smallest absolute Gasteiger partial charge is 0.253 e. The van der Waals surface area contributed by atoms with Crippen molar-refractivity contribution >= 4 is 21.7 Å². The summed E-state index contributed by atoms with van der Waals surface area (Å²) in [6.07, 6.45) is 1.76. The summed E-state index contributed by atoms with van der Waals surface area (Å²) in [7, 11) is 1.18. The van der Waals surface area contributed by atoms with Gasteiger partial charge in [0.05, 0.1) is 31.9 Å². The Bertz CT molecular complexity index is 1420. The third-order valence-corrected chi connectivity index (χ3v) is 9.22. The molecule has 5 rings (SSSR count). The second kappa shape index (κ2) is 11.7. The number of ether oxygens (including phenoxy) is 3. The molecular weight excluding hydrogens is 534 g/mol. The topological polar surface area (TPSA) is 114 Å². The molecule has 3 heterocycles. The van der Waals surface area contributed by atoms with Crippen LogP contribution in [0.15, 0.2) is 53.4 Å². The van der Waals surface area contributed by atoms with Gasteiger partial charge < -0.3 is 24.0 Å². The van der Waals surface area contributed by atoms with E-state index in [9.17, 15) is 13.2 Å². The average Bonchev–Trinajstić information content (AvgIpc) is 3.56. The van der Waals surface area contributed by atoms with Gasteiger partial charge in [0, 0.05) is 50.4 Å². The molecule has 0 saturated carbocycles. The summed E-state index contributed by atoms with van der Waals surface area (Å²) in [6, 6.07) is 13.7. The maximum absolute atomic E-state index is 13.1. The van der Waals surface area contributed by atoms with Crippen LogP contribution in [0.5, 0.6) is 17.2 Å². The Morgan fingerprint density at radius 3 is 1.93 bits per heavy atom. The molecule has 40 heavy (non-hydrogen) atoms. The fourth-order valence-electron chi connectivity index (χ4n) is 5.05. The molecule has 0 radical (unpaired) electrons. The third-order valence-electron chi connectivity index (χ3n) is 7.31. The second-order valence-electron chi connectivity index (χ2n) is 9.61. The number of nitrogens with zero attached hydrogens (tertiary/aromatic N) is 5. The van der Waals surface area contributed by atoms with E-state index < -0.39 is 10.0 Å². The first-order valence-electron chi connectivity index (χ1n) is 13.1. The normalized spacial score (nSPS) is 16.2. The molecule has 0 spiro atoms. The Morgan fingerprint density at radius 1 is 0.775 bits per heavy atom. The van der Waals surface area contributed by atoms with Crippen molar-refractivity contribution in [3.8, 4) is 28.5 Å². The molecule has 2 aliphatic heterocycles. The zero-order valence-corrected chi connectivity index (χ0v) is 23.7. The van der Waals surface area contributed by atoms with Crippen molar-refractivity contribution in [1.82, 2.24) is 19.4 Å². The van der Waals surface area contributed by atoms with Crippen LogP contribution in [-0.2, 0) is 10.0 Å². The highest BCUT2D eigenvalue weighted by molar-refractivity contribution is 7.89. The number of hydrogen-bond acceptors (Lipinski definition) is 9. The standard InChI is InChI=1S/C28H33N5O6S/c1-37-24-18-21(19-25(38-2)27(24)39-3)23-10-11-26(30-29-23)31-14-16-32(17-15-31)28(34)20-6-8-22(9-7-20)40(35,36)33-12-4-5-13-33/h6-11,18-19H,4-5,12-17H2,1-3H3. The lowest BCUT2D eigenvalue weighted by Crippen LogP contribution is -2.49. The fourth-order valence-corrected chi connectivity index (χ4v) is 6.56. The predicted octanol–water partition coefficient (Wildman–Crippen LogP) is 2.92. The Morgan fingerprint density at radius 2 is 1.40 bits per heavy atom. The average molecular weight is 568 g/mol. The molecule has 0 unspecified atom stereocenters. The van der Waals surface area contributed by atoms with E-state index in [1.807, 2.05) is 24.3 Å². The van der Waals surface area contributed by atoms with Crippen molar-refractivity contribution in [2.24, 2.45) is 0 Å². The number of methoxy groups -OCH3 is 3. The molecule has 0 aliphatic carbocycles. The minimum atomic E-state index is -3.50. The van der Waals surface area contributed by atoms with Gasteiger partial charge in [-0.25, -0.2) is 8.42 Å². The molecule has 2 aromatic carbocycles. The van der Waals surface area contributed by atoms with Crippen molar-refractivity contribution in [1.29, 1.82) is 0 Å². The van der Waals surface area contributed by atoms with Crippen molar-refractivity contribution in [3.63, 3.8) is 0 Å². The Balaban J connectivity index is 1.21. The lowest BCUT2D eigenvalue weighted by Gasteiger charge is -2.35. The fraction of sp³-hybridized carbons (Fsp3) is 0.393. The molecule has 2 fully saturated rings. The van der Waals surface area contributed by atoms with Crippen LogP contribution in [0.3, 0.4) is 0 Å². The zero-order chi connectivity index (χ0) is 28.3. The van der Waals surface area contributed by atoms with E-state index in [1.165, 1.54) is 16.4 Å². The number of piperazine rings is 1. The highest BCUT2D eigenvalue weighted by Crippen LogP contribution is 2.40. The zero-order valence-electron chi connectivity index (χ0n) is 22.9. The minimum Gasteiger partial charge on any atom is -0.493 e. The van der Waals surface area contributed by atoms with Crippen LogP contribution >= 0.6 is 0 Å². The van der Waals surface area contributed by atoms with Gasteiger partial charge in [-0.3, -0.25) is 4.79 Å². The van der Waals surface area contributed by atoms with Gasteiger partial charge in [0.2, 0.25) is 15.8 Å². The van der Waals surface area contributed by atoms with Crippen molar-refractivity contribution in [2.75, 3.05) is 65.5 Å². The number of sulfonamides is 1. The van der Waals surface area contributed by atoms with E-state index >= 15 is 0 Å². The van der Waals surface area contributed by atoms with Crippen LogP contribution in [0.25, 0.3) is 11.3 Å². The Kier molecular flexibility index (Phi) is 8.08. The van der Waals surface area contributed by atoms with Crippen LogP contribution in [0.4, 0.5) is 5.82 Å². The highest BCUT2D eigenvalue weighted by atomic mass is 32.2. The quantitative estimate of drug-likeness (QED) is 0.405. The monoisotopic (exact) mass is 567 g/mol. The lowest BCUT2D eigenvalue weighted by atomic mass is 10.1. The second-order valence-corrected chi connectivity index (χ2v) is 11.5. The summed E-state index contributed by atoms with van der Waals surface area (Å²) in [5, 5.41) is 8.84. The first-order valence-corrected chi connectivity index (χ1v) is 14.6. The molecule has 2 aliphatic rings. The first kappa shape index (κ1) is 27.7. The van der Waals surface area contributed by atoms with E-state index in [0.29, 0.717) is 67.8 Å². The summed E-state index contributed by atoms with van der Waals surface area (Å²) in [6.45, 7) is 3.33. The molecule has 3 aromatic rings. The molecule has 1 amide bonds. The Hall–Kier alpha value is -3.90. The molecule has 0 bridgehead atoms. The molecule has 12 heteroatoms. The maximum Gasteiger partial charge on any atom is 0.253 e. The number of rotatable bonds is 8. The lowest BCUT2D eigenvalue weighted by molar-refractivity contribution is 0.0746. The van der Waals surface area contributed by atoms with Crippen molar-refractivity contribution in [2.45, 2.75) is 17.7 Å². The number of amides is 1. The number of aromatic nitrogens is 2. The number of anilines is 1. The van der Waals surface area contributed by atoms with Gasteiger partial charge in [0.15, 0.2) is 17.3 Å². The molecule has 1 aromatic heterocycles. The summed E-state index contributed by atoms with van der Waals surface area (Å²) in [4.78, 5) is 17.2. The molecule has 11 nitrogen and oxygen atoms in total. The van der Waals surface area contributed by atoms with Crippen LogP contribution in [-0.4, -0.2) is 94.3 Å². The van der Waals surface area contributed by atoms with Crippen molar-refractivity contribution in [3.05, 3.63) is 54.1 Å². The SMILES string of the molecule is COc1cc(-c2ccc(N3CCN(C(=O)c4ccc(S(=O)(=O)N5CCCC5)cc4)CC3)nn2)cc(OC)c1OC. The largest absolute Gasteiger partial charge is 0.493 e. The van der Waals surface area contributed by atoms with Crippen LogP contribution in [0.2, 0.25) is 0 Å². The van der Waals surface area contributed by atoms with Gasteiger partial charge >= 0.3 is 0 Å². The van der Waals surface area contributed by atoms with E-state index in [-0.39, 0.29) is 10.8 Å². The molecule has 2 saturated heterocycles. The van der Waals surface area contributed by atoms with E-state index in [4.69, 9.17) is 14.2 Å². The summed E-state index contributed by atoms with van der Waals surface area (Å²) in [5.41, 5.74) is 1.92. The van der Waals surface area contributed by atoms with Crippen LogP contribution < -0.4 is 19.1 Å². The summed E-state index contributed by atoms with van der Waals surface area (Å²) >= 11 is 0. The number of carbonyl (C=O) groups is 1. The highest BCUT2D eigenvalue weighted by Gasteiger charge is 2.28. The number of benzene rings is 2.